The molecule has 410 valence electrons. The van der Waals surface area contributed by atoms with Crippen molar-refractivity contribution in [3.8, 4) is 0 Å². The van der Waals surface area contributed by atoms with Gasteiger partial charge in [0.1, 0.15) is 28.3 Å². The summed E-state index contributed by atoms with van der Waals surface area (Å²) < 4.78 is 14.2. The number of ether oxygens (including phenoxy) is 2. The zero-order valence-electron chi connectivity index (χ0n) is 44.1. The molecule has 0 saturated carbocycles. The van der Waals surface area contributed by atoms with Gasteiger partial charge in [0.15, 0.2) is 27.4 Å². The Labute approximate surface area is 495 Å². The summed E-state index contributed by atoms with van der Waals surface area (Å²) in [6, 6.07) is 74.2. The van der Waals surface area contributed by atoms with Crippen molar-refractivity contribution in [1.82, 2.24) is 20.2 Å². The molecule has 1 fully saturated rings. The Hall–Kier alpha value is -9.13. The topological polar surface area (TPSA) is 161 Å². The van der Waals surface area contributed by atoms with E-state index in [0.717, 1.165) is 49.2 Å². The van der Waals surface area contributed by atoms with Gasteiger partial charge < -0.3 is 24.9 Å². The molecule has 4 heterocycles. The molecule has 13 nitrogen and oxygen atoms in total. The first-order chi connectivity index (χ1) is 40.8. The molecular weight excluding hydrogens is 1120 g/mol. The van der Waals surface area contributed by atoms with E-state index in [4.69, 9.17) is 24.3 Å². The van der Waals surface area contributed by atoms with E-state index in [-0.39, 0.29) is 17.1 Å². The summed E-state index contributed by atoms with van der Waals surface area (Å²) >= 11 is 5.44. The maximum Gasteiger partial charge on any atom is 0.356 e. The van der Waals surface area contributed by atoms with Gasteiger partial charge in [-0.05, 0) is 51.1 Å². The third-order valence-electron chi connectivity index (χ3n) is 14.0. The van der Waals surface area contributed by atoms with Crippen molar-refractivity contribution in [3.05, 3.63) is 297 Å². The number of fused-ring (bicyclic) bond motifs is 2. The third-order valence-corrected chi connectivity index (χ3v) is 18.4. The first-order valence-electron chi connectivity index (χ1n) is 26.5. The normalized spacial score (nSPS) is 15.1. The molecule has 1 unspecified atom stereocenters. The van der Waals surface area contributed by atoms with Crippen LogP contribution in [0.4, 0.5) is 5.13 Å². The summed E-state index contributed by atoms with van der Waals surface area (Å²) in [6.07, 6.45) is -1.56. The highest BCUT2D eigenvalue weighted by Crippen LogP contribution is 2.48. The van der Waals surface area contributed by atoms with Crippen LogP contribution in [-0.2, 0) is 39.0 Å². The number of thiazole rings is 2. The number of oxime groups is 1. The summed E-state index contributed by atoms with van der Waals surface area (Å²) in [6.45, 7) is -0.672. The van der Waals surface area contributed by atoms with Crippen molar-refractivity contribution in [1.29, 1.82) is 0 Å². The number of rotatable bonds is 20. The Morgan fingerprint density at radius 2 is 1.11 bits per heavy atom. The minimum absolute atomic E-state index is 0.0689. The molecule has 1 saturated heterocycles. The fourth-order valence-electron chi connectivity index (χ4n) is 10.1. The van der Waals surface area contributed by atoms with E-state index < -0.39 is 59.5 Å². The van der Waals surface area contributed by atoms with Gasteiger partial charge in [0.25, 0.3) is 11.8 Å². The zero-order valence-corrected chi connectivity index (χ0v) is 47.4. The second kappa shape index (κ2) is 24.9. The summed E-state index contributed by atoms with van der Waals surface area (Å²) in [5, 5.41) is 12.3. The van der Waals surface area contributed by atoms with Crippen LogP contribution in [-0.4, -0.2) is 68.1 Å². The Morgan fingerprint density at radius 3 is 1.63 bits per heavy atom. The molecule has 8 aromatic carbocycles. The molecule has 0 aliphatic carbocycles. The number of β-lactam (4-membered cyclic amide) rings is 1. The van der Waals surface area contributed by atoms with Crippen LogP contribution in [0.2, 0.25) is 0 Å². The highest BCUT2D eigenvalue weighted by Gasteiger charge is 2.55. The van der Waals surface area contributed by atoms with E-state index >= 15 is 4.79 Å². The van der Waals surface area contributed by atoms with Gasteiger partial charge in [0, 0.05) is 16.0 Å². The number of para-hydroxylation sites is 1. The van der Waals surface area contributed by atoms with E-state index in [0.29, 0.717) is 20.1 Å². The number of hydrogen-bond donors (Lipinski definition) is 2. The highest BCUT2D eigenvalue weighted by molar-refractivity contribution is 8.07. The monoisotopic (exact) mass is 1170 g/mol. The fraction of sp³-hybridized carbons (Fsp3) is 0.106. The molecule has 83 heavy (non-hydrogen) atoms. The number of benzene rings is 8. The highest BCUT2D eigenvalue weighted by atomic mass is 32.2. The minimum Gasteiger partial charge on any atom is -0.450 e. The Bertz CT molecular complexity index is 3760. The smallest absolute Gasteiger partial charge is 0.356 e. The number of aromatic nitrogens is 2. The molecule has 10 aromatic rings. The van der Waals surface area contributed by atoms with Crippen LogP contribution in [0.15, 0.2) is 262 Å². The van der Waals surface area contributed by atoms with Gasteiger partial charge in [0.05, 0.1) is 10.2 Å². The third kappa shape index (κ3) is 11.7. The Morgan fingerprint density at radius 1 is 0.627 bits per heavy atom. The van der Waals surface area contributed by atoms with Crippen molar-refractivity contribution in [2.75, 3.05) is 17.7 Å². The number of carbonyl (C=O) groups is 4. The van der Waals surface area contributed by atoms with Crippen LogP contribution in [0.5, 0.6) is 0 Å². The molecule has 2 N–H and O–H groups in total. The van der Waals surface area contributed by atoms with Crippen LogP contribution < -0.4 is 10.6 Å². The number of hydrogen-bond acceptors (Lipinski definition) is 15. The molecule has 2 aliphatic rings. The molecule has 2 atom stereocenters. The molecule has 2 aromatic heterocycles. The molecule has 0 spiro atoms. The second-order valence-corrected chi connectivity index (χ2v) is 23.5. The lowest BCUT2D eigenvalue weighted by Crippen LogP contribution is -2.71. The largest absolute Gasteiger partial charge is 0.450 e. The van der Waals surface area contributed by atoms with E-state index in [1.807, 2.05) is 237 Å². The summed E-state index contributed by atoms with van der Waals surface area (Å²) in [7, 11) is 0. The minimum atomic E-state index is -1.13. The Kier molecular flexibility index (Phi) is 16.4. The lowest BCUT2D eigenvalue weighted by atomic mass is 9.77. The number of carbonyl (C=O) groups excluding carboxylic acids is 4. The van der Waals surface area contributed by atoms with E-state index in [2.05, 4.69) is 15.8 Å². The average molecular weight is 1170 g/mol. The lowest BCUT2D eigenvalue weighted by Gasteiger charge is -2.49. The Balaban J connectivity index is 0.864. The number of nitrogens with zero attached hydrogens (tertiary/aromatic N) is 4. The zero-order chi connectivity index (χ0) is 56.5. The molecular formula is C66H50N6O7S4. The van der Waals surface area contributed by atoms with Crippen LogP contribution in [0.25, 0.3) is 10.2 Å². The summed E-state index contributed by atoms with van der Waals surface area (Å²) in [5.41, 5.74) is 5.49. The van der Waals surface area contributed by atoms with Gasteiger partial charge in [-0.25, -0.2) is 19.6 Å². The van der Waals surface area contributed by atoms with Crippen molar-refractivity contribution in [2.45, 2.75) is 33.5 Å². The van der Waals surface area contributed by atoms with Crippen LogP contribution in [0, 0.1) is 0 Å². The van der Waals surface area contributed by atoms with Gasteiger partial charge in [-0.2, -0.15) is 0 Å². The van der Waals surface area contributed by atoms with Gasteiger partial charge >= 0.3 is 11.9 Å². The quantitative estimate of drug-likeness (QED) is 0.0245. The van der Waals surface area contributed by atoms with Crippen molar-refractivity contribution in [3.63, 3.8) is 0 Å². The number of anilines is 1. The van der Waals surface area contributed by atoms with E-state index in [1.54, 1.807) is 5.38 Å². The number of esters is 2. The van der Waals surface area contributed by atoms with E-state index in [1.165, 1.54) is 51.1 Å². The predicted molar refractivity (Wildman–Crippen MR) is 327 cm³/mol. The van der Waals surface area contributed by atoms with Crippen LogP contribution >= 0.6 is 46.2 Å². The maximum atomic E-state index is 15.0. The molecule has 12 rings (SSSR count). The van der Waals surface area contributed by atoms with E-state index in [9.17, 15) is 14.4 Å². The molecule has 0 bridgehead atoms. The van der Waals surface area contributed by atoms with Crippen LogP contribution in [0.1, 0.15) is 56.8 Å². The van der Waals surface area contributed by atoms with Crippen molar-refractivity contribution >= 4 is 91.0 Å². The first-order valence-corrected chi connectivity index (χ1v) is 30.1. The van der Waals surface area contributed by atoms with Gasteiger partial charge in [-0.15, -0.1) is 34.4 Å². The summed E-state index contributed by atoms with van der Waals surface area (Å²) in [5.74, 6) is -2.52. The number of amides is 2. The molecule has 2 amide bonds. The van der Waals surface area contributed by atoms with Crippen molar-refractivity contribution < 1.29 is 33.5 Å². The molecule has 2 aliphatic heterocycles. The number of nitrogens with one attached hydrogen (secondary N) is 2. The second-order valence-electron chi connectivity index (χ2n) is 19.2. The average Bonchev–Trinajstić information content (AvgIpc) is 4.17. The first kappa shape index (κ1) is 54.5. The van der Waals surface area contributed by atoms with Gasteiger partial charge in [-0.3, -0.25) is 14.5 Å². The maximum absolute atomic E-state index is 15.0. The molecule has 17 heteroatoms. The SMILES string of the molecule is O=C(CO/N=C(\C(=O)NC1C(=O)N2C(C(=O)OC(c3ccccc3)c3ccccc3)=C(Sc3nc4ccccc4s3)CS[C@@H]12)c1csc(NC(c2ccccc2)(c2ccccc2)c2ccccc2)n1)OC(c1ccccc1)c1ccccc1. The predicted octanol–water partition coefficient (Wildman–Crippen LogP) is 12.9. The van der Waals surface area contributed by atoms with Crippen LogP contribution in [0.3, 0.4) is 0 Å². The van der Waals surface area contributed by atoms with Crippen molar-refractivity contribution in [2.24, 2.45) is 5.16 Å². The number of thioether (sulfide) groups is 2. The lowest BCUT2D eigenvalue weighted by molar-refractivity contribution is -0.154. The molecule has 0 radical (unpaired) electrons. The van der Waals surface area contributed by atoms with Gasteiger partial charge in [-0.1, -0.05) is 241 Å². The standard InChI is InChI=1S/C66H50N6O7S4/c73-54(78-58(43-24-8-1-9-25-43)44-26-10-2-11-27-44)40-77-71-55(51-41-81-64(67-51)70-66(47-32-16-5-17-33-47,48-34-18-6-19-35-48)49-36-20-7-21-37-49)60(74)69-56-61(75)72-57(53(42-80-62(56)72)83-65-68-50-38-22-23-39-52(50)82-65)63(76)79-59(45-28-12-3-13-29-45)46-30-14-4-15-31-46/h1-39,41,56,58-59,62H,40,42H2,(H,67,70)(H,69,74)/b71-55-/t56?,62-/m0/s1. The summed E-state index contributed by atoms with van der Waals surface area (Å²) in [4.78, 5) is 76.2. The fourth-order valence-corrected chi connectivity index (χ4v) is 14.6. The van der Waals surface area contributed by atoms with Gasteiger partial charge in [0.2, 0.25) is 6.61 Å².